The Morgan fingerprint density at radius 1 is 1.10 bits per heavy atom. The van der Waals surface area contributed by atoms with E-state index in [-0.39, 0.29) is 0 Å². The maximum absolute atomic E-state index is 4.55. The Bertz CT molecular complexity index is 541. The summed E-state index contributed by atoms with van der Waals surface area (Å²) in [6.45, 7) is 8.71. The summed E-state index contributed by atoms with van der Waals surface area (Å²) in [7, 11) is 0. The summed E-state index contributed by atoms with van der Waals surface area (Å²) in [4.78, 5) is 2.50. The van der Waals surface area contributed by atoms with E-state index < -0.39 is 0 Å². The first kappa shape index (κ1) is 13.3. The van der Waals surface area contributed by atoms with Crippen molar-refractivity contribution < 1.29 is 0 Å². The lowest BCUT2D eigenvalue weighted by Gasteiger charge is -2.27. The lowest BCUT2D eigenvalue weighted by atomic mass is 10.1. The van der Waals surface area contributed by atoms with Crippen LogP contribution in [0.3, 0.4) is 0 Å². The van der Waals surface area contributed by atoms with Gasteiger partial charge in [0, 0.05) is 44.0 Å². The summed E-state index contributed by atoms with van der Waals surface area (Å²) in [6.07, 6.45) is 1.99. The zero-order chi connectivity index (χ0) is 13.8. The van der Waals surface area contributed by atoms with Crippen LogP contribution in [0.1, 0.15) is 5.69 Å². The van der Waals surface area contributed by atoms with E-state index in [1.54, 1.807) is 0 Å². The molecule has 0 aliphatic carbocycles. The predicted molar refractivity (Wildman–Crippen MR) is 81.7 cm³/mol. The highest BCUT2D eigenvalue weighted by molar-refractivity contribution is 5.64. The van der Waals surface area contributed by atoms with Gasteiger partial charge in [-0.2, -0.15) is 5.10 Å². The molecule has 1 aliphatic heterocycles. The second kappa shape index (κ2) is 6.20. The average molecular weight is 270 g/mol. The fourth-order valence-corrected chi connectivity index (χ4v) is 2.74. The highest BCUT2D eigenvalue weighted by atomic mass is 15.3. The molecule has 1 aromatic heterocycles. The van der Waals surface area contributed by atoms with Crippen molar-refractivity contribution in [2.75, 3.05) is 32.7 Å². The molecule has 1 aromatic carbocycles. The summed E-state index contributed by atoms with van der Waals surface area (Å²) in [6, 6.07) is 10.5. The maximum atomic E-state index is 4.55. The Morgan fingerprint density at radius 2 is 1.85 bits per heavy atom. The highest BCUT2D eigenvalue weighted by Gasteiger charge is 2.12. The molecule has 3 rings (SSSR count). The first-order valence-electron chi connectivity index (χ1n) is 7.35. The molecule has 1 aliphatic rings. The van der Waals surface area contributed by atoms with E-state index in [9.17, 15) is 0 Å². The molecule has 0 atom stereocenters. The molecule has 20 heavy (non-hydrogen) atoms. The van der Waals surface area contributed by atoms with Crippen molar-refractivity contribution in [2.45, 2.75) is 13.5 Å². The van der Waals surface area contributed by atoms with Crippen LogP contribution in [0.5, 0.6) is 0 Å². The van der Waals surface area contributed by atoms with Gasteiger partial charge in [-0.05, 0) is 12.5 Å². The van der Waals surface area contributed by atoms with Crippen molar-refractivity contribution in [3.63, 3.8) is 0 Å². The Kier molecular flexibility index (Phi) is 4.14. The van der Waals surface area contributed by atoms with Crippen molar-refractivity contribution in [1.82, 2.24) is 20.0 Å². The average Bonchev–Trinajstić information content (AvgIpc) is 2.88. The SMILES string of the molecule is Cc1c(-c2ccccc2)cnn1CCN1CCNCC1. The van der Waals surface area contributed by atoms with Gasteiger partial charge in [-0.15, -0.1) is 0 Å². The minimum Gasteiger partial charge on any atom is -0.314 e. The zero-order valence-electron chi connectivity index (χ0n) is 12.0. The number of rotatable bonds is 4. The third-order valence-electron chi connectivity index (χ3n) is 4.03. The number of nitrogens with one attached hydrogen (secondary N) is 1. The van der Waals surface area contributed by atoms with Crippen LogP contribution in [0.4, 0.5) is 0 Å². The largest absolute Gasteiger partial charge is 0.314 e. The van der Waals surface area contributed by atoms with Crippen LogP contribution in [-0.4, -0.2) is 47.4 Å². The number of hydrogen-bond donors (Lipinski definition) is 1. The second-order valence-corrected chi connectivity index (χ2v) is 5.32. The first-order valence-corrected chi connectivity index (χ1v) is 7.35. The monoisotopic (exact) mass is 270 g/mol. The third kappa shape index (κ3) is 2.92. The molecule has 0 spiro atoms. The van der Waals surface area contributed by atoms with E-state index in [4.69, 9.17) is 0 Å². The van der Waals surface area contributed by atoms with Gasteiger partial charge in [-0.3, -0.25) is 9.58 Å². The summed E-state index contributed by atoms with van der Waals surface area (Å²) >= 11 is 0. The van der Waals surface area contributed by atoms with Crippen molar-refractivity contribution >= 4 is 0 Å². The molecule has 2 heterocycles. The first-order chi connectivity index (χ1) is 9.84. The molecule has 0 radical (unpaired) electrons. The normalized spacial score (nSPS) is 16.4. The number of aromatic nitrogens is 2. The van der Waals surface area contributed by atoms with Gasteiger partial charge in [0.1, 0.15) is 0 Å². The van der Waals surface area contributed by atoms with Gasteiger partial charge in [0.05, 0.1) is 12.7 Å². The van der Waals surface area contributed by atoms with Crippen molar-refractivity contribution in [3.05, 3.63) is 42.2 Å². The lowest BCUT2D eigenvalue weighted by molar-refractivity contribution is 0.228. The van der Waals surface area contributed by atoms with Crippen LogP contribution >= 0.6 is 0 Å². The second-order valence-electron chi connectivity index (χ2n) is 5.32. The summed E-state index contributed by atoms with van der Waals surface area (Å²) in [5.41, 5.74) is 3.75. The van der Waals surface area contributed by atoms with E-state index in [1.165, 1.54) is 16.8 Å². The van der Waals surface area contributed by atoms with Gasteiger partial charge >= 0.3 is 0 Å². The Balaban J connectivity index is 1.67. The van der Waals surface area contributed by atoms with E-state index >= 15 is 0 Å². The van der Waals surface area contributed by atoms with Crippen molar-refractivity contribution in [3.8, 4) is 11.1 Å². The van der Waals surface area contributed by atoms with E-state index in [0.717, 1.165) is 39.3 Å². The van der Waals surface area contributed by atoms with Crippen LogP contribution in [0.25, 0.3) is 11.1 Å². The van der Waals surface area contributed by atoms with Crippen LogP contribution in [0.15, 0.2) is 36.5 Å². The highest BCUT2D eigenvalue weighted by Crippen LogP contribution is 2.22. The lowest BCUT2D eigenvalue weighted by Crippen LogP contribution is -2.44. The van der Waals surface area contributed by atoms with E-state index in [0.29, 0.717) is 0 Å². The van der Waals surface area contributed by atoms with Gasteiger partial charge in [-0.1, -0.05) is 30.3 Å². The number of piperazine rings is 1. The van der Waals surface area contributed by atoms with Crippen LogP contribution < -0.4 is 5.32 Å². The molecule has 0 bridgehead atoms. The molecule has 1 fully saturated rings. The predicted octanol–water partition coefficient (Wildman–Crippen LogP) is 1.76. The molecular weight excluding hydrogens is 248 g/mol. The Labute approximate surface area is 120 Å². The van der Waals surface area contributed by atoms with Crippen molar-refractivity contribution in [2.24, 2.45) is 0 Å². The number of nitrogens with zero attached hydrogens (tertiary/aromatic N) is 3. The maximum Gasteiger partial charge on any atom is 0.0571 e. The smallest absolute Gasteiger partial charge is 0.0571 e. The molecule has 4 nitrogen and oxygen atoms in total. The molecule has 0 unspecified atom stereocenters. The topological polar surface area (TPSA) is 33.1 Å². The van der Waals surface area contributed by atoms with Gasteiger partial charge in [-0.25, -0.2) is 0 Å². The molecule has 2 aromatic rings. The molecule has 4 heteroatoms. The Morgan fingerprint density at radius 3 is 2.60 bits per heavy atom. The molecule has 106 valence electrons. The number of benzene rings is 1. The molecule has 1 saturated heterocycles. The quantitative estimate of drug-likeness (QED) is 0.919. The molecule has 0 amide bonds. The van der Waals surface area contributed by atoms with Crippen molar-refractivity contribution in [1.29, 1.82) is 0 Å². The molecule has 0 saturated carbocycles. The van der Waals surface area contributed by atoms with E-state index in [2.05, 4.69) is 51.2 Å². The van der Waals surface area contributed by atoms with Crippen LogP contribution in [-0.2, 0) is 6.54 Å². The van der Waals surface area contributed by atoms with Gasteiger partial charge in [0.2, 0.25) is 0 Å². The van der Waals surface area contributed by atoms with Gasteiger partial charge in [0.15, 0.2) is 0 Å². The summed E-state index contributed by atoms with van der Waals surface area (Å²) in [5.74, 6) is 0. The minimum atomic E-state index is 0.971. The number of hydrogen-bond acceptors (Lipinski definition) is 3. The van der Waals surface area contributed by atoms with Crippen LogP contribution in [0, 0.1) is 6.92 Å². The summed E-state index contributed by atoms with van der Waals surface area (Å²) < 4.78 is 2.13. The zero-order valence-corrected chi connectivity index (χ0v) is 12.0. The van der Waals surface area contributed by atoms with Gasteiger partial charge < -0.3 is 5.32 Å². The fourth-order valence-electron chi connectivity index (χ4n) is 2.74. The van der Waals surface area contributed by atoms with E-state index in [1.807, 2.05) is 12.3 Å². The molecule has 1 N–H and O–H groups in total. The molecular formula is C16H22N4. The third-order valence-corrected chi connectivity index (χ3v) is 4.03. The fraction of sp³-hybridized carbons (Fsp3) is 0.438. The van der Waals surface area contributed by atoms with Gasteiger partial charge in [0.25, 0.3) is 0 Å². The standard InChI is InChI=1S/C16H22N4/c1-14-16(15-5-3-2-4-6-15)13-18-20(14)12-11-19-9-7-17-8-10-19/h2-6,13,17H,7-12H2,1H3. The minimum absolute atomic E-state index is 0.971. The van der Waals surface area contributed by atoms with Crippen LogP contribution in [0.2, 0.25) is 0 Å². The Hall–Kier alpha value is -1.65. The summed E-state index contributed by atoms with van der Waals surface area (Å²) in [5, 5.41) is 7.94.